The van der Waals surface area contributed by atoms with E-state index in [2.05, 4.69) is 10.5 Å². The van der Waals surface area contributed by atoms with Crippen molar-refractivity contribution in [3.63, 3.8) is 0 Å². The molecule has 0 unspecified atom stereocenters. The van der Waals surface area contributed by atoms with Gasteiger partial charge in [-0.1, -0.05) is 25.5 Å². The maximum atomic E-state index is 12.6. The van der Waals surface area contributed by atoms with Gasteiger partial charge in [-0.2, -0.15) is 5.10 Å². The molecule has 3 nitrogen and oxygen atoms in total. The number of hydrogen-bond acceptors (Lipinski definition) is 2. The summed E-state index contributed by atoms with van der Waals surface area (Å²) in [6.07, 6.45) is 3.81. The van der Waals surface area contributed by atoms with Gasteiger partial charge < -0.3 is 0 Å². The largest absolute Gasteiger partial charge is 0.273 e. The van der Waals surface area contributed by atoms with Gasteiger partial charge in [-0.25, -0.2) is 9.82 Å². The summed E-state index contributed by atoms with van der Waals surface area (Å²) < 4.78 is 12.6. The van der Waals surface area contributed by atoms with Crippen LogP contribution in [0.3, 0.4) is 0 Å². The Hall–Kier alpha value is -1.71. The smallest absolute Gasteiger partial charge is 0.240 e. The summed E-state index contributed by atoms with van der Waals surface area (Å²) >= 11 is 0. The molecule has 0 saturated carbocycles. The SMILES string of the molecule is CCCCC(=O)NN=Cc1ccc(F)cc1. The second-order valence-corrected chi connectivity index (χ2v) is 3.45. The van der Waals surface area contributed by atoms with Gasteiger partial charge >= 0.3 is 0 Å². The minimum absolute atomic E-state index is 0.0970. The Bertz CT molecular complexity index is 360. The van der Waals surface area contributed by atoms with E-state index < -0.39 is 0 Å². The van der Waals surface area contributed by atoms with Crippen molar-refractivity contribution in [3.8, 4) is 0 Å². The molecule has 1 N–H and O–H groups in total. The number of nitrogens with one attached hydrogen (secondary N) is 1. The van der Waals surface area contributed by atoms with Crippen LogP contribution in [-0.2, 0) is 4.79 Å². The zero-order valence-corrected chi connectivity index (χ0v) is 9.24. The third-order valence-electron chi connectivity index (χ3n) is 2.03. The Balaban J connectivity index is 2.37. The van der Waals surface area contributed by atoms with Gasteiger partial charge in [0.2, 0.25) is 5.91 Å². The third kappa shape index (κ3) is 4.68. The Morgan fingerprint density at radius 1 is 1.44 bits per heavy atom. The molecule has 0 spiro atoms. The minimum Gasteiger partial charge on any atom is -0.273 e. The summed E-state index contributed by atoms with van der Waals surface area (Å²) in [6, 6.07) is 5.88. The lowest BCUT2D eigenvalue weighted by Crippen LogP contribution is -2.16. The van der Waals surface area contributed by atoms with Gasteiger partial charge in [0.15, 0.2) is 0 Å². The topological polar surface area (TPSA) is 41.5 Å². The van der Waals surface area contributed by atoms with Gasteiger partial charge in [-0.15, -0.1) is 0 Å². The highest BCUT2D eigenvalue weighted by Crippen LogP contribution is 1.99. The van der Waals surface area contributed by atoms with E-state index in [4.69, 9.17) is 0 Å². The first kappa shape index (κ1) is 12.4. The summed E-state index contributed by atoms with van der Waals surface area (Å²) in [4.78, 5) is 11.2. The highest BCUT2D eigenvalue weighted by molar-refractivity contribution is 5.82. The molecule has 0 aliphatic rings. The van der Waals surface area contributed by atoms with E-state index in [0.717, 1.165) is 18.4 Å². The number of amides is 1. The number of carbonyl (C=O) groups excluding carboxylic acids is 1. The summed E-state index contributed by atoms with van der Waals surface area (Å²) in [5, 5.41) is 3.78. The molecule has 86 valence electrons. The van der Waals surface area contributed by atoms with Crippen molar-refractivity contribution in [1.29, 1.82) is 0 Å². The van der Waals surface area contributed by atoms with Crippen molar-refractivity contribution in [1.82, 2.24) is 5.43 Å². The van der Waals surface area contributed by atoms with Crippen LogP contribution in [0.15, 0.2) is 29.4 Å². The molecule has 1 aromatic rings. The highest BCUT2D eigenvalue weighted by Gasteiger charge is 1.96. The molecule has 1 amide bonds. The standard InChI is InChI=1S/C12H15FN2O/c1-2-3-4-12(16)15-14-9-10-5-7-11(13)8-6-10/h5-9H,2-4H2,1H3,(H,15,16). The van der Waals surface area contributed by atoms with Crippen molar-refractivity contribution in [2.75, 3.05) is 0 Å². The predicted molar refractivity (Wildman–Crippen MR) is 61.7 cm³/mol. The molecule has 1 aromatic carbocycles. The maximum Gasteiger partial charge on any atom is 0.240 e. The number of halogens is 1. The van der Waals surface area contributed by atoms with Gasteiger partial charge in [-0.3, -0.25) is 4.79 Å². The molecule has 0 aromatic heterocycles. The molecule has 0 saturated heterocycles. The monoisotopic (exact) mass is 222 g/mol. The molecule has 0 heterocycles. The summed E-state index contributed by atoms with van der Waals surface area (Å²) in [5.41, 5.74) is 3.16. The average Bonchev–Trinajstić information content (AvgIpc) is 2.29. The number of nitrogens with zero attached hydrogens (tertiary/aromatic N) is 1. The first-order chi connectivity index (χ1) is 7.72. The predicted octanol–water partition coefficient (Wildman–Crippen LogP) is 2.47. The molecule has 16 heavy (non-hydrogen) atoms. The van der Waals surface area contributed by atoms with Gasteiger partial charge in [0.05, 0.1) is 6.21 Å². The van der Waals surface area contributed by atoms with Crippen LogP contribution < -0.4 is 5.43 Å². The number of hydrazone groups is 1. The molecule has 0 atom stereocenters. The van der Waals surface area contributed by atoms with Crippen LogP contribution >= 0.6 is 0 Å². The van der Waals surface area contributed by atoms with Crippen LogP contribution in [0.1, 0.15) is 31.7 Å². The number of rotatable bonds is 5. The lowest BCUT2D eigenvalue weighted by atomic mass is 10.2. The Labute approximate surface area is 94.4 Å². The first-order valence-corrected chi connectivity index (χ1v) is 5.30. The van der Waals surface area contributed by atoms with E-state index in [1.54, 1.807) is 12.1 Å². The molecule has 0 aliphatic carbocycles. The molecule has 4 heteroatoms. The zero-order chi connectivity index (χ0) is 11.8. The number of carbonyl (C=O) groups is 1. The molecule has 0 fully saturated rings. The maximum absolute atomic E-state index is 12.6. The highest BCUT2D eigenvalue weighted by atomic mass is 19.1. The van der Waals surface area contributed by atoms with Crippen LogP contribution in [-0.4, -0.2) is 12.1 Å². The van der Waals surface area contributed by atoms with Crippen LogP contribution in [0.5, 0.6) is 0 Å². The van der Waals surface area contributed by atoms with Crippen LogP contribution in [0, 0.1) is 5.82 Å². The van der Waals surface area contributed by atoms with E-state index in [0.29, 0.717) is 6.42 Å². The average molecular weight is 222 g/mol. The number of hydrogen-bond donors (Lipinski definition) is 1. The lowest BCUT2D eigenvalue weighted by molar-refractivity contribution is -0.121. The summed E-state index contributed by atoms with van der Waals surface area (Å²) in [6.45, 7) is 2.02. The molecule has 0 bridgehead atoms. The third-order valence-corrected chi connectivity index (χ3v) is 2.03. The van der Waals surface area contributed by atoms with Crippen LogP contribution in [0.2, 0.25) is 0 Å². The van der Waals surface area contributed by atoms with Crippen molar-refractivity contribution < 1.29 is 9.18 Å². The van der Waals surface area contributed by atoms with Crippen molar-refractivity contribution in [2.45, 2.75) is 26.2 Å². The van der Waals surface area contributed by atoms with Crippen LogP contribution in [0.4, 0.5) is 4.39 Å². The Morgan fingerprint density at radius 2 is 2.12 bits per heavy atom. The van der Waals surface area contributed by atoms with E-state index in [1.165, 1.54) is 18.3 Å². The van der Waals surface area contributed by atoms with Gasteiger partial charge in [0, 0.05) is 6.42 Å². The first-order valence-electron chi connectivity index (χ1n) is 5.30. The zero-order valence-electron chi connectivity index (χ0n) is 9.24. The Kier molecular flexibility index (Phi) is 5.19. The number of unbranched alkanes of at least 4 members (excludes halogenated alkanes) is 1. The second-order valence-electron chi connectivity index (χ2n) is 3.45. The fourth-order valence-corrected chi connectivity index (χ4v) is 1.12. The van der Waals surface area contributed by atoms with Crippen LogP contribution in [0.25, 0.3) is 0 Å². The minimum atomic E-state index is -0.288. The van der Waals surface area contributed by atoms with Crippen molar-refractivity contribution in [3.05, 3.63) is 35.6 Å². The van der Waals surface area contributed by atoms with E-state index in [1.807, 2.05) is 6.92 Å². The van der Waals surface area contributed by atoms with Crippen molar-refractivity contribution >= 4 is 12.1 Å². The second kappa shape index (κ2) is 6.71. The molecule has 0 radical (unpaired) electrons. The van der Waals surface area contributed by atoms with Crippen molar-refractivity contribution in [2.24, 2.45) is 5.10 Å². The van der Waals surface area contributed by atoms with E-state index in [9.17, 15) is 9.18 Å². The molecule has 0 aliphatic heterocycles. The fourth-order valence-electron chi connectivity index (χ4n) is 1.12. The van der Waals surface area contributed by atoms with Gasteiger partial charge in [0.25, 0.3) is 0 Å². The molecular formula is C12H15FN2O. The summed E-state index contributed by atoms with van der Waals surface area (Å²) in [5.74, 6) is -0.385. The fraction of sp³-hybridized carbons (Fsp3) is 0.333. The normalized spacial score (nSPS) is 10.6. The molecule has 1 rings (SSSR count). The Morgan fingerprint density at radius 3 is 2.75 bits per heavy atom. The quantitative estimate of drug-likeness (QED) is 0.603. The van der Waals surface area contributed by atoms with Gasteiger partial charge in [0.1, 0.15) is 5.82 Å². The van der Waals surface area contributed by atoms with Gasteiger partial charge in [-0.05, 0) is 24.1 Å². The van der Waals surface area contributed by atoms with E-state index in [-0.39, 0.29) is 11.7 Å². The lowest BCUT2D eigenvalue weighted by Gasteiger charge is -1.97. The summed E-state index contributed by atoms with van der Waals surface area (Å²) in [7, 11) is 0. The molecular weight excluding hydrogens is 207 g/mol. The van der Waals surface area contributed by atoms with E-state index >= 15 is 0 Å². The number of benzene rings is 1.